The third-order valence-electron chi connectivity index (χ3n) is 3.08. The molecule has 0 bridgehead atoms. The molecule has 0 spiro atoms. The molecule has 2 aromatic rings. The van der Waals surface area contributed by atoms with E-state index < -0.39 is 5.82 Å². The Hall–Kier alpha value is -2.45. The summed E-state index contributed by atoms with van der Waals surface area (Å²) in [6.07, 6.45) is 0. The fraction of sp³-hybridized carbons (Fsp3) is 0.0714. The van der Waals surface area contributed by atoms with Crippen LogP contribution in [0.4, 0.5) is 4.39 Å². The molecular formula is C14H7ClFN3O. The molecule has 1 aromatic heterocycles. The average Bonchev–Trinajstić information content (AvgIpc) is 2.80. The molecule has 1 N–H and O–H groups in total. The Morgan fingerprint density at radius 1 is 1.40 bits per heavy atom. The lowest BCUT2D eigenvalue weighted by Gasteiger charge is -2.07. The van der Waals surface area contributed by atoms with Crippen LogP contribution in [0.3, 0.4) is 0 Å². The number of carbonyl (C=O) groups excluding carboxylic acids is 1. The Morgan fingerprint density at radius 2 is 2.20 bits per heavy atom. The van der Waals surface area contributed by atoms with E-state index >= 15 is 0 Å². The van der Waals surface area contributed by atoms with Gasteiger partial charge in [-0.2, -0.15) is 5.26 Å². The monoisotopic (exact) mass is 287 g/mol. The minimum absolute atomic E-state index is 0.0963. The van der Waals surface area contributed by atoms with Crippen molar-refractivity contribution in [1.82, 2.24) is 10.3 Å². The van der Waals surface area contributed by atoms with Gasteiger partial charge in [-0.1, -0.05) is 17.7 Å². The zero-order valence-corrected chi connectivity index (χ0v) is 10.8. The second-order valence-electron chi connectivity index (χ2n) is 4.27. The number of nitriles is 1. The van der Waals surface area contributed by atoms with Crippen molar-refractivity contribution in [3.8, 4) is 17.3 Å². The maximum Gasteiger partial charge on any atom is 0.255 e. The second kappa shape index (κ2) is 4.58. The van der Waals surface area contributed by atoms with Crippen molar-refractivity contribution in [3.63, 3.8) is 0 Å². The van der Waals surface area contributed by atoms with Crippen molar-refractivity contribution in [2.45, 2.75) is 6.54 Å². The van der Waals surface area contributed by atoms with Gasteiger partial charge in [0.05, 0.1) is 45.7 Å². The van der Waals surface area contributed by atoms with E-state index in [4.69, 9.17) is 16.9 Å². The van der Waals surface area contributed by atoms with Crippen LogP contribution in [0.5, 0.6) is 0 Å². The van der Waals surface area contributed by atoms with Gasteiger partial charge in [0.1, 0.15) is 5.82 Å². The molecule has 0 atom stereocenters. The highest BCUT2D eigenvalue weighted by Crippen LogP contribution is 2.31. The number of nitrogens with one attached hydrogen (secondary N) is 1. The lowest BCUT2D eigenvalue weighted by Crippen LogP contribution is -2.12. The maximum absolute atomic E-state index is 14.0. The van der Waals surface area contributed by atoms with Crippen LogP contribution in [0, 0.1) is 17.1 Å². The van der Waals surface area contributed by atoms with Crippen molar-refractivity contribution >= 4 is 17.5 Å². The minimum Gasteiger partial charge on any atom is -0.346 e. The summed E-state index contributed by atoms with van der Waals surface area (Å²) in [5.41, 5.74) is 1.29. The average molecular weight is 288 g/mol. The molecule has 20 heavy (non-hydrogen) atoms. The molecule has 0 fully saturated rings. The third-order valence-corrected chi connectivity index (χ3v) is 3.38. The highest BCUT2D eigenvalue weighted by atomic mass is 35.5. The number of halogens is 2. The Morgan fingerprint density at radius 3 is 2.95 bits per heavy atom. The van der Waals surface area contributed by atoms with E-state index in [2.05, 4.69) is 10.3 Å². The highest BCUT2D eigenvalue weighted by molar-refractivity contribution is 6.34. The molecule has 4 nitrogen and oxygen atoms in total. The van der Waals surface area contributed by atoms with E-state index in [0.717, 1.165) is 0 Å². The first kappa shape index (κ1) is 12.6. The largest absolute Gasteiger partial charge is 0.346 e. The summed E-state index contributed by atoms with van der Waals surface area (Å²) in [7, 11) is 0. The number of nitrogens with zero attached hydrogens (tertiary/aromatic N) is 2. The summed E-state index contributed by atoms with van der Waals surface area (Å²) >= 11 is 6.06. The summed E-state index contributed by atoms with van der Waals surface area (Å²) in [5.74, 6) is -0.845. The second-order valence-corrected chi connectivity index (χ2v) is 4.68. The Labute approximate surface area is 118 Å². The first-order chi connectivity index (χ1) is 9.61. The van der Waals surface area contributed by atoms with Crippen LogP contribution >= 0.6 is 11.6 Å². The molecule has 0 aliphatic carbocycles. The zero-order valence-electron chi connectivity index (χ0n) is 10.1. The summed E-state index contributed by atoms with van der Waals surface area (Å²) in [5, 5.41) is 11.9. The van der Waals surface area contributed by atoms with Crippen LogP contribution in [0.25, 0.3) is 11.3 Å². The van der Waals surface area contributed by atoms with E-state index in [1.54, 1.807) is 0 Å². The number of hydrogen-bond acceptors (Lipinski definition) is 3. The predicted molar refractivity (Wildman–Crippen MR) is 70.5 cm³/mol. The Kier molecular flexibility index (Phi) is 2.88. The van der Waals surface area contributed by atoms with Crippen LogP contribution in [0.15, 0.2) is 24.3 Å². The van der Waals surface area contributed by atoms with Crippen molar-refractivity contribution in [1.29, 1.82) is 5.26 Å². The van der Waals surface area contributed by atoms with E-state index in [0.29, 0.717) is 11.3 Å². The molecule has 1 aromatic carbocycles. The van der Waals surface area contributed by atoms with Gasteiger partial charge in [-0.15, -0.1) is 0 Å². The SMILES string of the molecule is N#Cc1cccc(F)c1-c1cc(Cl)c2c(n1)CNC2=O. The molecule has 1 aliphatic heterocycles. The normalized spacial score (nSPS) is 12.8. The molecule has 1 aliphatic rings. The van der Waals surface area contributed by atoms with Crippen LogP contribution < -0.4 is 5.32 Å². The molecule has 98 valence electrons. The molecule has 1 amide bonds. The van der Waals surface area contributed by atoms with E-state index in [9.17, 15) is 9.18 Å². The van der Waals surface area contributed by atoms with Gasteiger partial charge in [0.25, 0.3) is 5.91 Å². The molecule has 0 radical (unpaired) electrons. The summed E-state index contributed by atoms with van der Waals surface area (Å²) in [6, 6.07) is 7.55. The van der Waals surface area contributed by atoms with Gasteiger partial charge in [-0.25, -0.2) is 9.37 Å². The number of benzene rings is 1. The van der Waals surface area contributed by atoms with Crippen molar-refractivity contribution in [2.24, 2.45) is 0 Å². The number of fused-ring (bicyclic) bond motifs is 1. The lowest BCUT2D eigenvalue weighted by atomic mass is 10.0. The lowest BCUT2D eigenvalue weighted by molar-refractivity contribution is 0.0966. The number of carbonyl (C=O) groups is 1. The Balaban J connectivity index is 2.26. The van der Waals surface area contributed by atoms with Crippen molar-refractivity contribution < 1.29 is 9.18 Å². The van der Waals surface area contributed by atoms with Gasteiger partial charge in [-0.3, -0.25) is 4.79 Å². The van der Waals surface area contributed by atoms with Crippen LogP contribution in [0.1, 0.15) is 21.6 Å². The number of rotatable bonds is 1. The quantitative estimate of drug-likeness (QED) is 0.877. The number of pyridine rings is 1. The fourth-order valence-corrected chi connectivity index (χ4v) is 2.49. The van der Waals surface area contributed by atoms with E-state index in [1.807, 2.05) is 6.07 Å². The van der Waals surface area contributed by atoms with E-state index in [-0.39, 0.29) is 34.3 Å². The summed E-state index contributed by atoms with van der Waals surface area (Å²) in [4.78, 5) is 15.8. The molecule has 3 rings (SSSR count). The predicted octanol–water partition coefficient (Wildman–Crippen LogP) is 2.66. The fourth-order valence-electron chi connectivity index (χ4n) is 2.19. The third kappa shape index (κ3) is 1.82. The standard InChI is InChI=1S/C14H7ClFN3O/c15-8-4-10(19-11-6-18-14(20)13(8)11)12-7(5-17)2-1-3-9(12)16/h1-4H,6H2,(H,18,20). The molecule has 0 saturated carbocycles. The van der Waals surface area contributed by atoms with Crippen LogP contribution in [-0.2, 0) is 6.54 Å². The van der Waals surface area contributed by atoms with Gasteiger partial charge in [0, 0.05) is 0 Å². The molecule has 6 heteroatoms. The number of amides is 1. The Bertz CT molecular complexity index is 783. The summed E-state index contributed by atoms with van der Waals surface area (Å²) in [6.45, 7) is 0.248. The van der Waals surface area contributed by atoms with Gasteiger partial charge < -0.3 is 5.32 Å². The highest BCUT2D eigenvalue weighted by Gasteiger charge is 2.25. The zero-order chi connectivity index (χ0) is 14.3. The molecule has 2 heterocycles. The number of hydrogen-bond donors (Lipinski definition) is 1. The molecular weight excluding hydrogens is 281 g/mol. The van der Waals surface area contributed by atoms with E-state index in [1.165, 1.54) is 24.3 Å². The van der Waals surface area contributed by atoms with Gasteiger partial charge >= 0.3 is 0 Å². The minimum atomic E-state index is -0.551. The van der Waals surface area contributed by atoms with Crippen molar-refractivity contribution in [2.75, 3.05) is 0 Å². The summed E-state index contributed by atoms with van der Waals surface area (Å²) < 4.78 is 14.0. The molecule has 0 saturated heterocycles. The van der Waals surface area contributed by atoms with Gasteiger partial charge in [-0.05, 0) is 18.2 Å². The topological polar surface area (TPSA) is 65.8 Å². The van der Waals surface area contributed by atoms with Crippen LogP contribution in [-0.4, -0.2) is 10.9 Å². The number of aromatic nitrogens is 1. The molecule has 0 unspecified atom stereocenters. The first-order valence-corrected chi connectivity index (χ1v) is 6.16. The first-order valence-electron chi connectivity index (χ1n) is 5.78. The van der Waals surface area contributed by atoms with Crippen LogP contribution in [0.2, 0.25) is 5.02 Å². The smallest absolute Gasteiger partial charge is 0.255 e. The van der Waals surface area contributed by atoms with Gasteiger partial charge in [0.15, 0.2) is 0 Å². The maximum atomic E-state index is 14.0. The van der Waals surface area contributed by atoms with Crippen molar-refractivity contribution in [3.05, 3.63) is 51.9 Å². The van der Waals surface area contributed by atoms with Gasteiger partial charge in [0.2, 0.25) is 0 Å².